The third kappa shape index (κ3) is 3.60. The highest BCUT2D eigenvalue weighted by Gasteiger charge is 2.28. The summed E-state index contributed by atoms with van der Waals surface area (Å²) >= 11 is 0. The van der Waals surface area contributed by atoms with Crippen LogP contribution in [0.1, 0.15) is 61.6 Å². The van der Waals surface area contributed by atoms with Crippen LogP contribution in [0.5, 0.6) is 0 Å². The summed E-state index contributed by atoms with van der Waals surface area (Å²) in [7, 11) is 1.77. The zero-order valence-electron chi connectivity index (χ0n) is 12.5. The van der Waals surface area contributed by atoms with Gasteiger partial charge in [0.1, 0.15) is 5.69 Å². The molecule has 1 aromatic rings. The Morgan fingerprint density at radius 1 is 1.40 bits per heavy atom. The van der Waals surface area contributed by atoms with Gasteiger partial charge >= 0.3 is 0 Å². The van der Waals surface area contributed by atoms with Gasteiger partial charge < -0.3 is 10.4 Å². The minimum atomic E-state index is -0.738. The predicted molar refractivity (Wildman–Crippen MR) is 77.6 cm³/mol. The third-order valence-electron chi connectivity index (χ3n) is 4.14. The molecular formula is C15H25N3O2. The molecule has 2 rings (SSSR count). The second-order valence-electron chi connectivity index (χ2n) is 5.82. The lowest BCUT2D eigenvalue weighted by atomic mass is 9.94. The summed E-state index contributed by atoms with van der Waals surface area (Å²) < 4.78 is 1.60. The van der Waals surface area contributed by atoms with Crippen LogP contribution >= 0.6 is 0 Å². The molecule has 0 spiro atoms. The van der Waals surface area contributed by atoms with Crippen molar-refractivity contribution < 1.29 is 9.90 Å². The molecule has 1 amide bonds. The molecule has 2 N–H and O–H groups in total. The number of amides is 1. The van der Waals surface area contributed by atoms with Gasteiger partial charge in [-0.05, 0) is 25.3 Å². The molecule has 0 radical (unpaired) electrons. The fourth-order valence-corrected chi connectivity index (χ4v) is 2.81. The molecule has 1 fully saturated rings. The molecule has 20 heavy (non-hydrogen) atoms. The first-order valence-corrected chi connectivity index (χ1v) is 7.57. The molecule has 0 unspecified atom stereocenters. The van der Waals surface area contributed by atoms with Gasteiger partial charge in [0.25, 0.3) is 5.91 Å². The molecule has 1 aliphatic carbocycles. The number of nitrogens with zero attached hydrogens (tertiary/aromatic N) is 2. The van der Waals surface area contributed by atoms with Crippen LogP contribution in [0.15, 0.2) is 6.07 Å². The van der Waals surface area contributed by atoms with E-state index in [-0.39, 0.29) is 5.91 Å². The number of aryl methyl sites for hydroxylation is 2. The first-order chi connectivity index (χ1) is 9.54. The number of carbonyl (C=O) groups excluding carboxylic acids is 1. The quantitative estimate of drug-likeness (QED) is 0.826. The van der Waals surface area contributed by atoms with E-state index in [2.05, 4.69) is 10.4 Å². The van der Waals surface area contributed by atoms with Gasteiger partial charge in [-0.3, -0.25) is 9.48 Å². The van der Waals surface area contributed by atoms with Crippen molar-refractivity contribution in [2.75, 3.05) is 6.54 Å². The third-order valence-corrected chi connectivity index (χ3v) is 4.14. The number of aromatic nitrogens is 2. The Balaban J connectivity index is 1.95. The van der Waals surface area contributed by atoms with E-state index in [9.17, 15) is 9.90 Å². The molecule has 112 valence electrons. The Kier molecular flexibility index (Phi) is 4.81. The largest absolute Gasteiger partial charge is 0.388 e. The van der Waals surface area contributed by atoms with Gasteiger partial charge in [0.2, 0.25) is 0 Å². The lowest BCUT2D eigenvalue weighted by Gasteiger charge is -2.26. The van der Waals surface area contributed by atoms with E-state index in [1.807, 2.05) is 13.0 Å². The van der Waals surface area contributed by atoms with Crippen LogP contribution in [-0.4, -0.2) is 32.9 Å². The fraction of sp³-hybridized carbons (Fsp3) is 0.733. The smallest absolute Gasteiger partial charge is 0.269 e. The molecule has 1 heterocycles. The Morgan fingerprint density at radius 2 is 2.05 bits per heavy atom. The Bertz CT molecular complexity index is 460. The maximum Gasteiger partial charge on any atom is 0.269 e. The molecular weight excluding hydrogens is 254 g/mol. The maximum absolute atomic E-state index is 12.2. The van der Waals surface area contributed by atoms with Crippen LogP contribution in [0, 0.1) is 0 Å². The minimum absolute atomic E-state index is 0.155. The molecule has 5 nitrogen and oxygen atoms in total. The summed E-state index contributed by atoms with van der Waals surface area (Å²) in [5.41, 5.74) is 0.725. The first kappa shape index (κ1) is 15.0. The second kappa shape index (κ2) is 6.39. The standard InChI is InChI=1S/C15H25N3O2/c1-3-12-10-13(18(2)17-12)14(19)16-11-15(20)8-6-4-5-7-9-15/h10,20H,3-9,11H2,1-2H3,(H,16,19). The molecule has 5 heteroatoms. The lowest BCUT2D eigenvalue weighted by molar-refractivity contribution is 0.0245. The van der Waals surface area contributed by atoms with Crippen LogP contribution in [0.3, 0.4) is 0 Å². The number of carbonyl (C=O) groups is 1. The summed E-state index contributed by atoms with van der Waals surface area (Å²) in [6.07, 6.45) is 6.80. The van der Waals surface area contributed by atoms with Crippen molar-refractivity contribution in [2.45, 2.75) is 57.5 Å². The van der Waals surface area contributed by atoms with E-state index in [1.54, 1.807) is 11.7 Å². The molecule has 0 aliphatic heterocycles. The summed E-state index contributed by atoms with van der Waals surface area (Å²) in [5.74, 6) is -0.155. The van der Waals surface area contributed by atoms with Gasteiger partial charge in [-0.2, -0.15) is 5.10 Å². The van der Waals surface area contributed by atoms with Crippen molar-refractivity contribution in [1.82, 2.24) is 15.1 Å². The Labute approximate surface area is 120 Å². The number of rotatable bonds is 4. The summed E-state index contributed by atoms with van der Waals surface area (Å²) in [5, 5.41) is 17.7. The van der Waals surface area contributed by atoms with E-state index in [4.69, 9.17) is 0 Å². The molecule has 0 atom stereocenters. The zero-order chi connectivity index (χ0) is 14.6. The normalized spacial score (nSPS) is 18.6. The minimum Gasteiger partial charge on any atom is -0.388 e. The van der Waals surface area contributed by atoms with Gasteiger partial charge in [0, 0.05) is 13.6 Å². The molecule has 0 saturated heterocycles. The van der Waals surface area contributed by atoms with Crippen LogP contribution in [0.25, 0.3) is 0 Å². The van der Waals surface area contributed by atoms with E-state index in [0.29, 0.717) is 12.2 Å². The molecule has 1 aliphatic rings. The van der Waals surface area contributed by atoms with Crippen molar-refractivity contribution >= 4 is 5.91 Å². The van der Waals surface area contributed by atoms with Crippen LogP contribution in [-0.2, 0) is 13.5 Å². The van der Waals surface area contributed by atoms with E-state index < -0.39 is 5.60 Å². The van der Waals surface area contributed by atoms with Gasteiger partial charge in [0.15, 0.2) is 0 Å². The van der Waals surface area contributed by atoms with Crippen LogP contribution in [0.4, 0.5) is 0 Å². The predicted octanol–water partition coefficient (Wildman–Crippen LogP) is 1.80. The number of aliphatic hydroxyl groups is 1. The Morgan fingerprint density at radius 3 is 2.60 bits per heavy atom. The van der Waals surface area contributed by atoms with Gasteiger partial charge in [-0.25, -0.2) is 0 Å². The number of hydrogen-bond donors (Lipinski definition) is 2. The average molecular weight is 279 g/mol. The summed E-state index contributed by atoms with van der Waals surface area (Å²) in [6.45, 7) is 2.34. The van der Waals surface area contributed by atoms with Gasteiger partial charge in [-0.1, -0.05) is 32.6 Å². The fourth-order valence-electron chi connectivity index (χ4n) is 2.81. The van der Waals surface area contributed by atoms with E-state index in [1.165, 1.54) is 12.8 Å². The molecule has 0 bridgehead atoms. The van der Waals surface area contributed by atoms with Gasteiger partial charge in [-0.15, -0.1) is 0 Å². The summed E-state index contributed by atoms with van der Waals surface area (Å²) in [6, 6.07) is 1.81. The van der Waals surface area contributed by atoms with Crippen molar-refractivity contribution in [3.8, 4) is 0 Å². The zero-order valence-corrected chi connectivity index (χ0v) is 12.5. The van der Waals surface area contributed by atoms with Crippen molar-refractivity contribution in [3.05, 3.63) is 17.5 Å². The maximum atomic E-state index is 12.2. The highest BCUT2D eigenvalue weighted by atomic mass is 16.3. The number of hydrogen-bond acceptors (Lipinski definition) is 3. The number of nitrogens with one attached hydrogen (secondary N) is 1. The van der Waals surface area contributed by atoms with Crippen LogP contribution in [0.2, 0.25) is 0 Å². The van der Waals surface area contributed by atoms with Gasteiger partial charge in [0.05, 0.1) is 11.3 Å². The van der Waals surface area contributed by atoms with E-state index >= 15 is 0 Å². The SMILES string of the molecule is CCc1cc(C(=O)NCC2(O)CCCCCC2)n(C)n1. The average Bonchev–Trinajstić information content (AvgIpc) is 2.67. The highest BCUT2D eigenvalue weighted by Crippen LogP contribution is 2.26. The topological polar surface area (TPSA) is 67.2 Å². The second-order valence-corrected chi connectivity index (χ2v) is 5.82. The lowest BCUT2D eigenvalue weighted by Crippen LogP contribution is -2.43. The highest BCUT2D eigenvalue weighted by molar-refractivity contribution is 5.92. The molecule has 1 saturated carbocycles. The van der Waals surface area contributed by atoms with Crippen molar-refractivity contribution in [3.63, 3.8) is 0 Å². The molecule has 1 aromatic heterocycles. The van der Waals surface area contributed by atoms with Crippen molar-refractivity contribution in [1.29, 1.82) is 0 Å². The van der Waals surface area contributed by atoms with Crippen molar-refractivity contribution in [2.24, 2.45) is 7.05 Å². The molecule has 0 aromatic carbocycles. The monoisotopic (exact) mass is 279 g/mol. The van der Waals surface area contributed by atoms with E-state index in [0.717, 1.165) is 37.8 Å². The first-order valence-electron chi connectivity index (χ1n) is 7.57. The summed E-state index contributed by atoms with van der Waals surface area (Å²) in [4.78, 5) is 12.2. The van der Waals surface area contributed by atoms with Crippen LogP contribution < -0.4 is 5.32 Å². The Hall–Kier alpha value is -1.36.